The zero-order valence-corrected chi connectivity index (χ0v) is 15.9. The van der Waals surface area contributed by atoms with E-state index in [1.807, 2.05) is 10.8 Å². The van der Waals surface area contributed by atoms with Gasteiger partial charge in [-0.2, -0.15) is 0 Å². The quantitative estimate of drug-likeness (QED) is 0.610. The van der Waals surface area contributed by atoms with Crippen molar-refractivity contribution in [2.45, 2.75) is 52.3 Å². The maximum atomic E-state index is 11.9. The lowest BCUT2D eigenvalue weighted by Crippen LogP contribution is -2.59. The van der Waals surface area contributed by atoms with Gasteiger partial charge in [-0.25, -0.2) is 4.98 Å². The van der Waals surface area contributed by atoms with Crippen LogP contribution in [0.25, 0.3) is 0 Å². The Balaban J connectivity index is 2.03. The molecule has 1 aliphatic rings. The lowest BCUT2D eigenvalue weighted by molar-refractivity contribution is -0.156. The Hall–Kier alpha value is -1.18. The third kappa shape index (κ3) is 4.22. The number of hydrogen-bond donors (Lipinski definition) is 1. The molecule has 2 heterocycles. The molecule has 1 saturated heterocycles. The Kier molecular flexibility index (Phi) is 5.32. The second-order valence-corrected chi connectivity index (χ2v) is 13.8. The number of carbonyl (C=O) groups excluding carboxylic acids is 1. The van der Waals surface area contributed by atoms with Crippen molar-refractivity contribution in [3.63, 3.8) is 0 Å². The van der Waals surface area contributed by atoms with Gasteiger partial charge in [-0.3, -0.25) is 4.79 Å². The van der Waals surface area contributed by atoms with Crippen molar-refractivity contribution in [1.29, 1.82) is 0 Å². The predicted molar refractivity (Wildman–Crippen MR) is 91.7 cm³/mol. The average Bonchev–Trinajstić information content (AvgIpc) is 2.87. The van der Waals surface area contributed by atoms with Gasteiger partial charge in [0.2, 0.25) is 5.91 Å². The van der Waals surface area contributed by atoms with Crippen molar-refractivity contribution in [1.82, 2.24) is 14.5 Å². The summed E-state index contributed by atoms with van der Waals surface area (Å²) in [7, 11) is -1.09. The van der Waals surface area contributed by atoms with Crippen molar-refractivity contribution in [2.24, 2.45) is 5.41 Å². The molecule has 1 unspecified atom stereocenters. The molecule has 0 saturated carbocycles. The summed E-state index contributed by atoms with van der Waals surface area (Å²) in [6.07, 6.45) is 3.63. The van der Waals surface area contributed by atoms with Crippen LogP contribution in [-0.4, -0.2) is 53.3 Å². The van der Waals surface area contributed by atoms with Crippen molar-refractivity contribution in [3.05, 3.63) is 18.2 Å². The molecule has 1 N–H and O–H groups in total. The number of imidazole rings is 1. The predicted octanol–water partition coefficient (Wildman–Crippen LogP) is 2.10. The third-order valence-electron chi connectivity index (χ3n) is 4.30. The highest BCUT2D eigenvalue weighted by molar-refractivity contribution is 6.76. The fourth-order valence-corrected chi connectivity index (χ4v) is 3.71. The second-order valence-electron chi connectivity index (χ2n) is 8.17. The van der Waals surface area contributed by atoms with Crippen LogP contribution in [0.5, 0.6) is 0 Å². The number of aliphatic hydroxyl groups excluding tert-OH is 1. The van der Waals surface area contributed by atoms with E-state index in [1.165, 1.54) is 0 Å². The summed E-state index contributed by atoms with van der Waals surface area (Å²) in [5.41, 5.74) is -0.0493. The van der Waals surface area contributed by atoms with Crippen LogP contribution in [0.2, 0.25) is 25.7 Å². The van der Waals surface area contributed by atoms with Gasteiger partial charge in [0.15, 0.2) is 0 Å². The number of carbonyl (C=O) groups is 1. The van der Waals surface area contributed by atoms with Crippen LogP contribution >= 0.6 is 0 Å². The van der Waals surface area contributed by atoms with Gasteiger partial charge in [0, 0.05) is 39.0 Å². The lowest BCUT2D eigenvalue weighted by Gasteiger charge is -2.53. The Morgan fingerprint density at radius 2 is 2.17 bits per heavy atom. The first-order valence-electron chi connectivity index (χ1n) is 8.15. The first-order chi connectivity index (χ1) is 10.7. The molecule has 1 aliphatic heterocycles. The molecule has 1 aromatic heterocycles. The summed E-state index contributed by atoms with van der Waals surface area (Å²) in [6.45, 7) is 12.6. The number of nitrogens with zero attached hydrogens (tertiary/aromatic N) is 3. The van der Waals surface area contributed by atoms with Gasteiger partial charge in [-0.1, -0.05) is 33.5 Å². The summed E-state index contributed by atoms with van der Waals surface area (Å²) in [5, 5.41) is 9.14. The van der Waals surface area contributed by atoms with Gasteiger partial charge in [0.25, 0.3) is 0 Å². The van der Waals surface area contributed by atoms with Crippen LogP contribution in [0, 0.1) is 5.41 Å². The topological polar surface area (TPSA) is 67.6 Å². The molecule has 0 bridgehead atoms. The summed E-state index contributed by atoms with van der Waals surface area (Å²) in [5.74, 6) is 0.583. The molecule has 0 aromatic carbocycles. The second kappa shape index (κ2) is 6.74. The lowest BCUT2D eigenvalue weighted by atomic mass is 9.74. The van der Waals surface area contributed by atoms with Gasteiger partial charge < -0.3 is 19.3 Å². The first kappa shape index (κ1) is 18.2. The van der Waals surface area contributed by atoms with Gasteiger partial charge in [0.1, 0.15) is 19.2 Å². The van der Waals surface area contributed by atoms with Crippen LogP contribution in [0.15, 0.2) is 12.4 Å². The van der Waals surface area contributed by atoms with Gasteiger partial charge in [0.05, 0.1) is 6.04 Å². The average molecular weight is 340 g/mol. The molecule has 0 aliphatic carbocycles. The van der Waals surface area contributed by atoms with E-state index in [0.717, 1.165) is 18.5 Å². The van der Waals surface area contributed by atoms with Crippen LogP contribution in [0.1, 0.15) is 25.7 Å². The van der Waals surface area contributed by atoms with Crippen LogP contribution in [0.3, 0.4) is 0 Å². The number of aliphatic hydroxyl groups is 1. The summed E-state index contributed by atoms with van der Waals surface area (Å²) >= 11 is 0. The smallest absolute Gasteiger partial charge is 0.248 e. The standard InChI is InChI=1S/C16H29N3O3Si/c1-16(2)11-19(13(21)10-20)14(16)15-17-6-7-18(15)12-22-8-9-23(3,4)5/h6-7,14,20H,8-12H2,1-5H3. The number of hydrogen-bond acceptors (Lipinski definition) is 4. The third-order valence-corrected chi connectivity index (χ3v) is 6.01. The zero-order chi connectivity index (χ0) is 17.3. The number of likely N-dealkylation sites (tertiary alicyclic amines) is 1. The van der Waals surface area contributed by atoms with Gasteiger partial charge in [-0.15, -0.1) is 0 Å². The normalized spacial score (nSPS) is 20.4. The Morgan fingerprint density at radius 3 is 2.74 bits per heavy atom. The molecule has 2 rings (SSSR count). The van der Waals surface area contributed by atoms with E-state index < -0.39 is 14.7 Å². The Bertz CT molecular complexity index is 551. The van der Waals surface area contributed by atoms with E-state index in [4.69, 9.17) is 9.84 Å². The minimum atomic E-state index is -1.09. The largest absolute Gasteiger partial charge is 0.387 e. The zero-order valence-electron chi connectivity index (χ0n) is 14.9. The minimum absolute atomic E-state index is 0.0493. The highest BCUT2D eigenvalue weighted by Crippen LogP contribution is 2.47. The molecule has 1 fully saturated rings. The molecule has 1 aromatic rings. The minimum Gasteiger partial charge on any atom is -0.387 e. The van der Waals surface area contributed by atoms with Crippen molar-refractivity contribution in [2.75, 3.05) is 19.8 Å². The molecule has 0 spiro atoms. The van der Waals surface area contributed by atoms with Crippen LogP contribution in [0.4, 0.5) is 0 Å². The Morgan fingerprint density at radius 1 is 1.48 bits per heavy atom. The van der Waals surface area contributed by atoms with E-state index in [-0.39, 0.29) is 17.4 Å². The molecule has 1 amide bonds. The van der Waals surface area contributed by atoms with Crippen molar-refractivity contribution < 1.29 is 14.6 Å². The van der Waals surface area contributed by atoms with Crippen LogP contribution in [-0.2, 0) is 16.3 Å². The maximum Gasteiger partial charge on any atom is 0.248 e. The maximum absolute atomic E-state index is 11.9. The van der Waals surface area contributed by atoms with E-state index in [9.17, 15) is 4.79 Å². The summed E-state index contributed by atoms with van der Waals surface area (Å²) in [6, 6.07) is 1.01. The fraction of sp³-hybridized carbons (Fsp3) is 0.750. The molecular formula is C16H29N3O3Si. The van der Waals surface area contributed by atoms with Gasteiger partial charge in [-0.05, 0) is 6.04 Å². The summed E-state index contributed by atoms with van der Waals surface area (Å²) in [4.78, 5) is 18.0. The molecule has 0 radical (unpaired) electrons. The highest BCUT2D eigenvalue weighted by Gasteiger charge is 2.50. The fourth-order valence-electron chi connectivity index (χ4n) is 2.96. The molecular weight excluding hydrogens is 310 g/mol. The Labute approximate surface area is 139 Å². The molecule has 6 nitrogen and oxygen atoms in total. The monoisotopic (exact) mass is 339 g/mol. The number of amides is 1. The van der Waals surface area contributed by atoms with E-state index in [1.54, 1.807) is 11.1 Å². The first-order valence-corrected chi connectivity index (χ1v) is 11.9. The van der Waals surface area contributed by atoms with E-state index >= 15 is 0 Å². The van der Waals surface area contributed by atoms with E-state index in [0.29, 0.717) is 13.3 Å². The molecule has 1 atom stereocenters. The summed E-state index contributed by atoms with van der Waals surface area (Å²) < 4.78 is 7.77. The molecule has 7 heteroatoms. The van der Waals surface area contributed by atoms with Gasteiger partial charge >= 0.3 is 0 Å². The highest BCUT2D eigenvalue weighted by atomic mass is 28.3. The number of aromatic nitrogens is 2. The van der Waals surface area contributed by atoms with Crippen LogP contribution < -0.4 is 0 Å². The number of ether oxygens (including phenoxy) is 1. The van der Waals surface area contributed by atoms with E-state index in [2.05, 4.69) is 38.5 Å². The van der Waals surface area contributed by atoms with Crippen molar-refractivity contribution in [3.8, 4) is 0 Å². The van der Waals surface area contributed by atoms with Crippen molar-refractivity contribution >= 4 is 14.0 Å². The molecule has 23 heavy (non-hydrogen) atoms. The SMILES string of the molecule is CC1(C)CN(C(=O)CO)C1c1nccn1COCC[Si](C)(C)C. The molecule has 130 valence electrons. The number of rotatable bonds is 7.